The summed E-state index contributed by atoms with van der Waals surface area (Å²) in [5, 5.41) is 4.69. The van der Waals surface area contributed by atoms with Crippen LogP contribution in [0.4, 0.5) is 0 Å². The standard InChI is InChI=1S/C39H52O6Si/c1-20-17-30(40-11)33(43-14)37(23(20)4)46(36-28(9)26(7)27(8)29(36)10,38-24(5)21(2)18-31(41-12)34(38)44-15)39-25(6)22(3)19-32(42-13)35(39)45-16/h17-19,28H,1-16H3. The van der Waals surface area contributed by atoms with Crippen LogP contribution in [-0.2, 0) is 0 Å². The van der Waals surface area contributed by atoms with Gasteiger partial charge in [-0.3, -0.25) is 0 Å². The van der Waals surface area contributed by atoms with Gasteiger partial charge in [-0.05, 0) is 125 Å². The van der Waals surface area contributed by atoms with Gasteiger partial charge < -0.3 is 28.4 Å². The molecule has 0 radical (unpaired) electrons. The fourth-order valence-electron chi connectivity index (χ4n) is 7.75. The summed E-state index contributed by atoms with van der Waals surface area (Å²) in [5.41, 5.74) is 10.7. The van der Waals surface area contributed by atoms with E-state index in [1.54, 1.807) is 42.7 Å². The Morgan fingerprint density at radius 2 is 0.761 bits per heavy atom. The van der Waals surface area contributed by atoms with Gasteiger partial charge in [0.15, 0.2) is 42.6 Å². The van der Waals surface area contributed by atoms with Crippen LogP contribution in [0, 0.1) is 47.5 Å². The summed E-state index contributed by atoms with van der Waals surface area (Å²) in [7, 11) is 6.81. The van der Waals surface area contributed by atoms with Gasteiger partial charge in [0.05, 0.1) is 42.7 Å². The molecule has 0 aliphatic heterocycles. The molecule has 0 heterocycles. The third-order valence-electron chi connectivity index (χ3n) is 10.7. The largest absolute Gasteiger partial charge is 0.493 e. The third-order valence-corrected chi connectivity index (χ3v) is 16.4. The van der Waals surface area contributed by atoms with Crippen LogP contribution in [0.2, 0.25) is 0 Å². The average molecular weight is 645 g/mol. The second-order valence-electron chi connectivity index (χ2n) is 12.6. The molecular formula is C39H52O6Si. The lowest BCUT2D eigenvalue weighted by Gasteiger charge is -2.44. The zero-order chi connectivity index (χ0) is 34.4. The second-order valence-corrected chi connectivity index (χ2v) is 16.1. The van der Waals surface area contributed by atoms with E-state index in [0.717, 1.165) is 66.2 Å². The lowest BCUT2D eigenvalue weighted by Crippen LogP contribution is -2.72. The molecule has 0 fully saturated rings. The fraction of sp³-hybridized carbons (Fsp3) is 0.436. The van der Waals surface area contributed by atoms with E-state index in [1.807, 2.05) is 0 Å². The Morgan fingerprint density at radius 1 is 0.457 bits per heavy atom. The summed E-state index contributed by atoms with van der Waals surface area (Å²) in [6.45, 7) is 22.2. The van der Waals surface area contributed by atoms with Gasteiger partial charge in [-0.15, -0.1) is 0 Å². The predicted molar refractivity (Wildman–Crippen MR) is 192 cm³/mol. The molecular weight excluding hydrogens is 593 g/mol. The van der Waals surface area contributed by atoms with Gasteiger partial charge in [0.1, 0.15) is 0 Å². The smallest absolute Gasteiger partial charge is 0.191 e. The number of hydrogen-bond donors (Lipinski definition) is 0. The molecule has 7 heteroatoms. The van der Waals surface area contributed by atoms with E-state index >= 15 is 0 Å². The van der Waals surface area contributed by atoms with Gasteiger partial charge in [-0.2, -0.15) is 0 Å². The highest BCUT2D eigenvalue weighted by atomic mass is 28.3. The van der Waals surface area contributed by atoms with E-state index in [2.05, 4.69) is 87.4 Å². The van der Waals surface area contributed by atoms with Gasteiger partial charge in [0.25, 0.3) is 0 Å². The van der Waals surface area contributed by atoms with Crippen LogP contribution in [0.3, 0.4) is 0 Å². The normalized spacial score (nSPS) is 15.0. The SMILES string of the molecule is COc1cc(C)c(C)c([Si](C2=C(C)C(C)=C(C)C2C)(c2c(C)c(C)cc(OC)c2OC)c2c(C)c(C)cc(OC)c2OC)c1OC. The first-order chi connectivity index (χ1) is 21.7. The summed E-state index contributed by atoms with van der Waals surface area (Å²) in [4.78, 5) is 0. The van der Waals surface area contributed by atoms with Crippen molar-refractivity contribution in [1.82, 2.24) is 0 Å². The maximum absolute atomic E-state index is 6.47. The molecule has 46 heavy (non-hydrogen) atoms. The Morgan fingerprint density at radius 3 is 0.978 bits per heavy atom. The molecule has 4 rings (SSSR count). The first-order valence-electron chi connectivity index (χ1n) is 15.8. The number of hydrogen-bond acceptors (Lipinski definition) is 6. The minimum atomic E-state index is -3.54. The fourth-order valence-corrected chi connectivity index (χ4v) is 14.9. The van der Waals surface area contributed by atoms with Gasteiger partial charge in [-0.1, -0.05) is 23.3 Å². The monoisotopic (exact) mass is 644 g/mol. The minimum absolute atomic E-state index is 0.119. The van der Waals surface area contributed by atoms with E-state index in [1.165, 1.54) is 21.9 Å². The maximum Gasteiger partial charge on any atom is 0.191 e. The summed E-state index contributed by atoms with van der Waals surface area (Å²) in [5.74, 6) is 4.34. The molecule has 1 unspecified atom stereocenters. The van der Waals surface area contributed by atoms with Crippen LogP contribution < -0.4 is 44.0 Å². The Hall–Kier alpha value is -3.84. The number of ether oxygens (including phenoxy) is 6. The Bertz CT molecular complexity index is 1600. The molecule has 0 amide bonds. The topological polar surface area (TPSA) is 55.4 Å². The first-order valence-corrected chi connectivity index (χ1v) is 17.8. The van der Waals surface area contributed by atoms with Gasteiger partial charge in [-0.25, -0.2) is 0 Å². The van der Waals surface area contributed by atoms with Crippen molar-refractivity contribution in [3.05, 3.63) is 73.5 Å². The van der Waals surface area contributed by atoms with E-state index in [0.29, 0.717) is 17.2 Å². The molecule has 0 spiro atoms. The van der Waals surface area contributed by atoms with Crippen molar-refractivity contribution in [2.45, 2.75) is 69.2 Å². The lowest BCUT2D eigenvalue weighted by molar-refractivity contribution is 0.355. The van der Waals surface area contributed by atoms with Crippen molar-refractivity contribution in [3.63, 3.8) is 0 Å². The van der Waals surface area contributed by atoms with Crippen molar-refractivity contribution >= 4 is 23.6 Å². The predicted octanol–water partition coefficient (Wildman–Crippen LogP) is 6.90. The Balaban J connectivity index is 2.64. The molecule has 1 aliphatic rings. The van der Waals surface area contributed by atoms with Crippen LogP contribution in [0.15, 0.2) is 40.1 Å². The molecule has 0 aromatic heterocycles. The molecule has 0 saturated heterocycles. The minimum Gasteiger partial charge on any atom is -0.493 e. The molecule has 248 valence electrons. The maximum atomic E-state index is 6.47. The van der Waals surface area contributed by atoms with Crippen molar-refractivity contribution in [3.8, 4) is 34.5 Å². The van der Waals surface area contributed by atoms with E-state index in [9.17, 15) is 0 Å². The number of methoxy groups -OCH3 is 6. The second kappa shape index (κ2) is 13.1. The lowest BCUT2D eigenvalue weighted by atomic mass is 10.1. The zero-order valence-corrected chi connectivity index (χ0v) is 31.8. The van der Waals surface area contributed by atoms with Crippen LogP contribution in [-0.4, -0.2) is 50.7 Å². The van der Waals surface area contributed by atoms with Crippen LogP contribution in [0.1, 0.15) is 61.1 Å². The molecule has 0 N–H and O–H groups in total. The van der Waals surface area contributed by atoms with E-state index in [-0.39, 0.29) is 5.92 Å². The van der Waals surface area contributed by atoms with Crippen molar-refractivity contribution < 1.29 is 28.4 Å². The van der Waals surface area contributed by atoms with Crippen LogP contribution in [0.25, 0.3) is 0 Å². The quantitative estimate of drug-likeness (QED) is 0.177. The summed E-state index contributed by atoms with van der Waals surface area (Å²) in [6, 6.07) is 6.23. The van der Waals surface area contributed by atoms with Crippen molar-refractivity contribution in [2.24, 2.45) is 5.92 Å². The van der Waals surface area contributed by atoms with E-state index < -0.39 is 8.07 Å². The zero-order valence-electron chi connectivity index (χ0n) is 30.8. The number of rotatable bonds is 10. The number of allylic oxidation sites excluding steroid dienone is 4. The van der Waals surface area contributed by atoms with Gasteiger partial charge in [0.2, 0.25) is 0 Å². The first kappa shape index (κ1) is 35.0. The van der Waals surface area contributed by atoms with Crippen molar-refractivity contribution in [1.29, 1.82) is 0 Å². The molecule has 3 aromatic carbocycles. The number of aryl methyl sites for hydroxylation is 3. The average Bonchev–Trinajstić information content (AvgIpc) is 3.24. The molecule has 0 bridgehead atoms. The van der Waals surface area contributed by atoms with Gasteiger partial charge >= 0.3 is 0 Å². The van der Waals surface area contributed by atoms with Crippen LogP contribution >= 0.6 is 0 Å². The van der Waals surface area contributed by atoms with Gasteiger partial charge in [0, 0.05) is 15.6 Å². The Kier molecular flexibility index (Phi) is 9.98. The Labute approximate surface area is 277 Å². The van der Waals surface area contributed by atoms with E-state index in [4.69, 9.17) is 28.4 Å². The van der Waals surface area contributed by atoms with Crippen LogP contribution in [0.5, 0.6) is 34.5 Å². The molecule has 6 nitrogen and oxygen atoms in total. The molecule has 1 aliphatic carbocycles. The molecule has 0 saturated carbocycles. The van der Waals surface area contributed by atoms with Crippen molar-refractivity contribution in [2.75, 3.05) is 42.7 Å². The number of benzene rings is 3. The summed E-state index contributed by atoms with van der Waals surface area (Å²) >= 11 is 0. The summed E-state index contributed by atoms with van der Waals surface area (Å²) in [6.07, 6.45) is 0. The highest BCUT2D eigenvalue weighted by Crippen LogP contribution is 2.48. The molecule has 1 atom stereocenters. The highest BCUT2D eigenvalue weighted by Gasteiger charge is 2.56. The summed E-state index contributed by atoms with van der Waals surface area (Å²) < 4.78 is 37.7. The molecule has 3 aromatic rings. The highest BCUT2D eigenvalue weighted by molar-refractivity contribution is 7.18. The third kappa shape index (κ3) is 4.89.